The summed E-state index contributed by atoms with van der Waals surface area (Å²) in [7, 11) is 0. The molecule has 1 aliphatic carbocycles. The van der Waals surface area contributed by atoms with E-state index in [9.17, 15) is 4.79 Å². The Bertz CT molecular complexity index is 585. The van der Waals surface area contributed by atoms with E-state index in [1.807, 2.05) is 18.2 Å². The highest BCUT2D eigenvalue weighted by Crippen LogP contribution is 2.34. The molecule has 0 aromatic heterocycles. The van der Waals surface area contributed by atoms with Gasteiger partial charge in [-0.3, -0.25) is 4.79 Å². The molecule has 1 fully saturated rings. The van der Waals surface area contributed by atoms with Gasteiger partial charge in [0.25, 0.3) is 0 Å². The molecular weight excluding hydrogens is 302 g/mol. The van der Waals surface area contributed by atoms with Gasteiger partial charge >= 0.3 is 0 Å². The van der Waals surface area contributed by atoms with Crippen molar-refractivity contribution in [2.45, 2.75) is 71.9 Å². The Balaban J connectivity index is 1.77. The Kier molecular flexibility index (Phi) is 5.02. The Labute approximate surface area is 145 Å². The summed E-state index contributed by atoms with van der Waals surface area (Å²) < 4.78 is 10.9. The van der Waals surface area contributed by atoms with Crippen LogP contribution in [0.25, 0.3) is 0 Å². The van der Waals surface area contributed by atoms with Crippen LogP contribution in [-0.2, 0) is 11.3 Å². The van der Waals surface area contributed by atoms with Crippen molar-refractivity contribution < 1.29 is 14.3 Å². The van der Waals surface area contributed by atoms with Crippen LogP contribution in [-0.4, -0.2) is 23.6 Å². The number of fused-ring (bicyclic) bond motifs is 1. The smallest absolute Gasteiger partial charge is 0.231 e. The summed E-state index contributed by atoms with van der Waals surface area (Å²) in [4.78, 5) is 15.1. The average Bonchev–Trinajstić information content (AvgIpc) is 2.99. The van der Waals surface area contributed by atoms with Crippen LogP contribution >= 0.6 is 0 Å². The first-order valence-corrected chi connectivity index (χ1v) is 9.10. The van der Waals surface area contributed by atoms with Gasteiger partial charge in [-0.25, -0.2) is 0 Å². The van der Waals surface area contributed by atoms with E-state index in [4.69, 9.17) is 9.47 Å². The second kappa shape index (κ2) is 7.04. The zero-order valence-corrected chi connectivity index (χ0v) is 15.1. The Hall–Kier alpha value is -1.71. The summed E-state index contributed by atoms with van der Waals surface area (Å²) in [6.45, 7) is 7.34. The lowest BCUT2D eigenvalue weighted by Gasteiger charge is -2.36. The van der Waals surface area contributed by atoms with Gasteiger partial charge in [-0.05, 0) is 36.0 Å². The number of ether oxygens (including phenoxy) is 2. The lowest BCUT2D eigenvalue weighted by atomic mass is 9.89. The molecule has 0 radical (unpaired) electrons. The lowest BCUT2D eigenvalue weighted by Crippen LogP contribution is -2.42. The quantitative estimate of drug-likeness (QED) is 0.814. The van der Waals surface area contributed by atoms with Crippen molar-refractivity contribution in [1.82, 2.24) is 4.90 Å². The fraction of sp³-hybridized carbons (Fsp3) is 0.650. The second-order valence-corrected chi connectivity index (χ2v) is 8.24. The van der Waals surface area contributed by atoms with E-state index in [0.717, 1.165) is 29.9 Å². The van der Waals surface area contributed by atoms with Crippen LogP contribution in [0.2, 0.25) is 0 Å². The van der Waals surface area contributed by atoms with Gasteiger partial charge in [-0.15, -0.1) is 0 Å². The Morgan fingerprint density at radius 2 is 1.83 bits per heavy atom. The highest BCUT2D eigenvalue weighted by atomic mass is 16.7. The van der Waals surface area contributed by atoms with Crippen LogP contribution in [0, 0.1) is 5.41 Å². The maximum atomic E-state index is 13.0. The highest BCUT2D eigenvalue weighted by molar-refractivity contribution is 5.77. The minimum Gasteiger partial charge on any atom is -0.454 e. The fourth-order valence-corrected chi connectivity index (χ4v) is 3.60. The number of rotatable bonds is 4. The molecule has 0 atom stereocenters. The molecule has 0 unspecified atom stereocenters. The van der Waals surface area contributed by atoms with Crippen LogP contribution in [0.4, 0.5) is 0 Å². The van der Waals surface area contributed by atoms with Crippen LogP contribution in [0.15, 0.2) is 18.2 Å². The predicted octanol–water partition coefficient (Wildman–Crippen LogP) is 4.51. The number of hydrogen-bond acceptors (Lipinski definition) is 3. The standard InChI is InChI=1S/C20H29NO3/c1-20(2,3)12-19(22)21(16-7-5-4-6-8-16)13-15-9-10-17-18(11-15)24-14-23-17/h9-11,16H,4-8,12-14H2,1-3H3. The van der Waals surface area contributed by atoms with Gasteiger partial charge in [0, 0.05) is 19.0 Å². The van der Waals surface area contributed by atoms with E-state index < -0.39 is 0 Å². The molecule has 4 heteroatoms. The second-order valence-electron chi connectivity index (χ2n) is 8.24. The summed E-state index contributed by atoms with van der Waals surface area (Å²) in [6.07, 6.45) is 6.59. The number of carbonyl (C=O) groups excluding carboxylic acids is 1. The fourth-order valence-electron chi connectivity index (χ4n) is 3.60. The number of carbonyl (C=O) groups is 1. The highest BCUT2D eigenvalue weighted by Gasteiger charge is 2.28. The van der Waals surface area contributed by atoms with Crippen molar-refractivity contribution in [3.8, 4) is 11.5 Å². The normalized spacial score (nSPS) is 17.8. The molecule has 0 saturated heterocycles. The minimum atomic E-state index is 0.0128. The van der Waals surface area contributed by atoms with E-state index >= 15 is 0 Å². The monoisotopic (exact) mass is 331 g/mol. The van der Waals surface area contributed by atoms with Gasteiger partial charge in [0.05, 0.1) is 0 Å². The molecule has 1 aromatic rings. The predicted molar refractivity (Wildman–Crippen MR) is 94.1 cm³/mol. The van der Waals surface area contributed by atoms with Crippen LogP contribution < -0.4 is 9.47 Å². The van der Waals surface area contributed by atoms with Crippen LogP contribution in [0.5, 0.6) is 11.5 Å². The molecule has 0 spiro atoms. The maximum absolute atomic E-state index is 13.0. The van der Waals surface area contributed by atoms with Crippen LogP contribution in [0.3, 0.4) is 0 Å². The largest absolute Gasteiger partial charge is 0.454 e. The van der Waals surface area contributed by atoms with E-state index in [1.54, 1.807) is 0 Å². The van der Waals surface area contributed by atoms with Crippen molar-refractivity contribution in [3.63, 3.8) is 0 Å². The van der Waals surface area contributed by atoms with Crippen molar-refractivity contribution in [2.75, 3.05) is 6.79 Å². The zero-order valence-electron chi connectivity index (χ0n) is 15.1. The third-order valence-corrected chi connectivity index (χ3v) is 4.81. The lowest BCUT2D eigenvalue weighted by molar-refractivity contribution is -0.136. The van der Waals surface area contributed by atoms with Crippen molar-refractivity contribution in [1.29, 1.82) is 0 Å². The number of hydrogen-bond donors (Lipinski definition) is 0. The third kappa shape index (κ3) is 4.22. The van der Waals surface area contributed by atoms with Gasteiger partial charge in [0.15, 0.2) is 11.5 Å². The van der Waals surface area contributed by atoms with Crippen molar-refractivity contribution >= 4 is 5.91 Å². The number of nitrogens with zero attached hydrogens (tertiary/aromatic N) is 1. The van der Waals surface area contributed by atoms with Gasteiger partial charge in [-0.1, -0.05) is 46.1 Å². The molecule has 1 heterocycles. The Morgan fingerprint density at radius 1 is 1.12 bits per heavy atom. The maximum Gasteiger partial charge on any atom is 0.231 e. The molecular formula is C20H29NO3. The molecule has 24 heavy (non-hydrogen) atoms. The number of amides is 1. The third-order valence-electron chi connectivity index (χ3n) is 4.81. The summed E-state index contributed by atoms with van der Waals surface area (Å²) in [6, 6.07) is 6.39. The molecule has 1 aromatic carbocycles. The SMILES string of the molecule is CC(C)(C)CC(=O)N(Cc1ccc2c(c1)OCO2)C1CCCCC1. The first-order chi connectivity index (χ1) is 11.4. The first-order valence-electron chi connectivity index (χ1n) is 9.10. The van der Waals surface area contributed by atoms with E-state index in [-0.39, 0.29) is 18.1 Å². The molecule has 132 valence electrons. The zero-order chi connectivity index (χ0) is 17.2. The topological polar surface area (TPSA) is 38.8 Å². The van der Waals surface area contributed by atoms with E-state index in [2.05, 4.69) is 25.7 Å². The van der Waals surface area contributed by atoms with E-state index in [0.29, 0.717) is 19.0 Å². The molecule has 1 amide bonds. The van der Waals surface area contributed by atoms with Crippen LogP contribution in [0.1, 0.15) is 64.9 Å². The van der Waals surface area contributed by atoms with Gasteiger partial charge in [0.1, 0.15) is 0 Å². The number of benzene rings is 1. The molecule has 0 N–H and O–H groups in total. The molecule has 4 nitrogen and oxygen atoms in total. The Morgan fingerprint density at radius 3 is 2.54 bits per heavy atom. The first kappa shape index (κ1) is 17.1. The van der Waals surface area contributed by atoms with Gasteiger partial charge in [0.2, 0.25) is 12.7 Å². The molecule has 1 saturated carbocycles. The summed E-state index contributed by atoms with van der Waals surface area (Å²) >= 11 is 0. The summed E-state index contributed by atoms with van der Waals surface area (Å²) in [5.41, 5.74) is 1.13. The van der Waals surface area contributed by atoms with Crippen molar-refractivity contribution in [2.24, 2.45) is 5.41 Å². The summed E-state index contributed by atoms with van der Waals surface area (Å²) in [5.74, 6) is 1.86. The molecule has 2 aliphatic rings. The molecule has 3 rings (SSSR count). The van der Waals surface area contributed by atoms with E-state index in [1.165, 1.54) is 19.3 Å². The summed E-state index contributed by atoms with van der Waals surface area (Å²) in [5, 5.41) is 0. The van der Waals surface area contributed by atoms with Gasteiger partial charge in [-0.2, -0.15) is 0 Å². The van der Waals surface area contributed by atoms with Gasteiger partial charge < -0.3 is 14.4 Å². The average molecular weight is 331 g/mol. The minimum absolute atomic E-state index is 0.0128. The molecule has 0 bridgehead atoms. The van der Waals surface area contributed by atoms with Crippen molar-refractivity contribution in [3.05, 3.63) is 23.8 Å². The molecule has 1 aliphatic heterocycles.